The van der Waals surface area contributed by atoms with Crippen LogP contribution < -0.4 is 10.6 Å². The Labute approximate surface area is 198 Å². The molecule has 7 nitrogen and oxygen atoms in total. The molecule has 0 spiro atoms. The molecule has 178 valence electrons. The lowest BCUT2D eigenvalue weighted by atomic mass is 9.94. The van der Waals surface area contributed by atoms with Gasteiger partial charge in [0.05, 0.1) is 0 Å². The maximum absolute atomic E-state index is 13.1. The Hall–Kier alpha value is -3.35. The molecule has 34 heavy (non-hydrogen) atoms. The molecule has 2 aromatic carbocycles. The van der Waals surface area contributed by atoms with E-state index < -0.39 is 29.6 Å². The summed E-state index contributed by atoms with van der Waals surface area (Å²) in [6.45, 7) is 1.82. The predicted octanol–water partition coefficient (Wildman–Crippen LogP) is 4.06. The van der Waals surface area contributed by atoms with Gasteiger partial charge in [-0.25, -0.2) is 9.59 Å². The minimum atomic E-state index is -1.21. The Morgan fingerprint density at radius 3 is 2.12 bits per heavy atom. The fourth-order valence-corrected chi connectivity index (χ4v) is 5.07. The van der Waals surface area contributed by atoms with Gasteiger partial charge in [0.1, 0.15) is 18.2 Å². The number of amides is 2. The first-order valence-corrected chi connectivity index (χ1v) is 12.0. The molecule has 3 aliphatic carbocycles. The number of aliphatic carboxylic acids is 1. The Kier molecular flexibility index (Phi) is 5.80. The van der Waals surface area contributed by atoms with Crippen LogP contribution in [-0.2, 0) is 14.3 Å². The normalized spacial score (nSPS) is 19.3. The first-order valence-electron chi connectivity index (χ1n) is 12.0. The highest BCUT2D eigenvalue weighted by Crippen LogP contribution is 2.45. The van der Waals surface area contributed by atoms with E-state index >= 15 is 0 Å². The van der Waals surface area contributed by atoms with Gasteiger partial charge in [-0.3, -0.25) is 4.79 Å². The molecule has 0 radical (unpaired) electrons. The number of rotatable bonds is 9. The second-order valence-corrected chi connectivity index (χ2v) is 9.97. The van der Waals surface area contributed by atoms with Crippen LogP contribution in [0.1, 0.15) is 56.1 Å². The zero-order valence-corrected chi connectivity index (χ0v) is 19.3. The molecule has 0 saturated heterocycles. The molecule has 0 bridgehead atoms. The molecule has 3 aliphatic rings. The number of carboxylic acids is 1. The summed E-state index contributed by atoms with van der Waals surface area (Å²) in [6, 6.07) is 15.3. The molecule has 2 amide bonds. The van der Waals surface area contributed by atoms with Gasteiger partial charge in [-0.15, -0.1) is 0 Å². The number of ether oxygens (including phenoxy) is 1. The Bertz CT molecular complexity index is 1080. The van der Waals surface area contributed by atoms with E-state index in [4.69, 9.17) is 4.74 Å². The second kappa shape index (κ2) is 8.78. The number of carboxylic acid groups (broad SMARTS) is 1. The minimum Gasteiger partial charge on any atom is -0.480 e. The minimum absolute atomic E-state index is 0.0386. The molecule has 0 heterocycles. The molecule has 0 aromatic heterocycles. The maximum atomic E-state index is 13.1. The molecule has 2 aromatic rings. The molecule has 0 aliphatic heterocycles. The highest BCUT2D eigenvalue weighted by atomic mass is 16.5. The van der Waals surface area contributed by atoms with Crippen LogP contribution in [0.4, 0.5) is 4.79 Å². The smallest absolute Gasteiger partial charge is 0.408 e. The largest absolute Gasteiger partial charge is 0.480 e. The van der Waals surface area contributed by atoms with E-state index in [2.05, 4.69) is 34.9 Å². The van der Waals surface area contributed by atoms with E-state index in [9.17, 15) is 19.5 Å². The number of benzene rings is 2. The summed E-state index contributed by atoms with van der Waals surface area (Å²) in [5.74, 6) is -1.27. The average molecular weight is 463 g/mol. The van der Waals surface area contributed by atoms with Gasteiger partial charge >= 0.3 is 12.1 Å². The lowest BCUT2D eigenvalue weighted by Gasteiger charge is -2.31. The number of carbonyl (C=O) groups excluding carboxylic acids is 2. The third-order valence-electron chi connectivity index (χ3n) is 7.44. The highest BCUT2D eigenvalue weighted by Gasteiger charge is 2.49. The van der Waals surface area contributed by atoms with Crippen LogP contribution in [0.3, 0.4) is 0 Å². The summed E-state index contributed by atoms with van der Waals surface area (Å²) in [5, 5.41) is 15.0. The van der Waals surface area contributed by atoms with Crippen molar-refractivity contribution in [2.75, 3.05) is 6.61 Å². The Balaban J connectivity index is 1.25. The number of carbonyl (C=O) groups is 3. The van der Waals surface area contributed by atoms with Crippen LogP contribution in [0, 0.1) is 11.8 Å². The van der Waals surface area contributed by atoms with Gasteiger partial charge in [0, 0.05) is 5.92 Å². The third kappa shape index (κ3) is 4.39. The highest BCUT2D eigenvalue weighted by molar-refractivity contribution is 5.93. The number of hydrogen-bond acceptors (Lipinski definition) is 4. The van der Waals surface area contributed by atoms with E-state index in [0.717, 1.165) is 47.9 Å². The second-order valence-electron chi connectivity index (χ2n) is 9.97. The van der Waals surface area contributed by atoms with Crippen LogP contribution >= 0.6 is 0 Å². The van der Waals surface area contributed by atoms with Crippen molar-refractivity contribution in [2.45, 2.75) is 56.5 Å². The van der Waals surface area contributed by atoms with E-state index in [1.54, 1.807) is 6.92 Å². The van der Waals surface area contributed by atoms with Crippen molar-refractivity contribution >= 4 is 18.0 Å². The molecule has 2 saturated carbocycles. The topological polar surface area (TPSA) is 105 Å². The SMILES string of the molecule is CC(NC(=O)OCC1c2ccccc2-c2ccccc21)(C(=O)NC(CC1CC1)C(=O)O)C1CC1. The molecule has 7 heteroatoms. The van der Waals surface area contributed by atoms with Crippen LogP contribution in [-0.4, -0.2) is 41.3 Å². The lowest BCUT2D eigenvalue weighted by molar-refractivity contribution is -0.143. The standard InChI is InChI=1S/C27H30N2O5/c1-27(17-12-13-17,25(32)28-23(24(30)31)14-16-10-11-16)29-26(33)34-15-22-20-8-4-2-6-18(20)19-7-3-5-9-21(19)22/h2-9,16-17,22-23H,10-15H2,1H3,(H,28,32)(H,29,33)(H,30,31). The third-order valence-corrected chi connectivity index (χ3v) is 7.44. The van der Waals surface area contributed by atoms with E-state index in [-0.39, 0.29) is 18.4 Å². The quantitative estimate of drug-likeness (QED) is 0.521. The van der Waals surface area contributed by atoms with Gasteiger partial charge in [-0.1, -0.05) is 61.4 Å². The fraction of sp³-hybridized carbons (Fsp3) is 0.444. The zero-order valence-electron chi connectivity index (χ0n) is 19.3. The van der Waals surface area contributed by atoms with Crippen LogP contribution in [0.25, 0.3) is 11.1 Å². The predicted molar refractivity (Wildman–Crippen MR) is 126 cm³/mol. The molecule has 3 N–H and O–H groups in total. The van der Waals surface area contributed by atoms with Gasteiger partial charge in [0.15, 0.2) is 0 Å². The first kappa shape index (κ1) is 22.4. The number of nitrogens with one attached hydrogen (secondary N) is 2. The van der Waals surface area contributed by atoms with Crippen molar-refractivity contribution < 1.29 is 24.2 Å². The summed E-state index contributed by atoms with van der Waals surface area (Å²) in [5.41, 5.74) is 3.31. The number of alkyl carbamates (subject to hydrolysis) is 1. The van der Waals surface area contributed by atoms with Crippen molar-refractivity contribution in [3.05, 3.63) is 59.7 Å². The fourth-order valence-electron chi connectivity index (χ4n) is 5.07. The maximum Gasteiger partial charge on any atom is 0.408 e. The summed E-state index contributed by atoms with van der Waals surface area (Å²) < 4.78 is 5.64. The van der Waals surface area contributed by atoms with E-state index in [0.29, 0.717) is 12.3 Å². The van der Waals surface area contributed by atoms with Gasteiger partial charge in [-0.05, 0) is 60.3 Å². The average Bonchev–Trinajstić information content (AvgIpc) is 3.74. The monoisotopic (exact) mass is 462 g/mol. The van der Waals surface area contributed by atoms with Crippen LogP contribution in [0.5, 0.6) is 0 Å². The van der Waals surface area contributed by atoms with Gasteiger partial charge in [0.25, 0.3) is 0 Å². The van der Waals surface area contributed by atoms with Crippen LogP contribution in [0.2, 0.25) is 0 Å². The van der Waals surface area contributed by atoms with E-state index in [1.165, 1.54) is 0 Å². The van der Waals surface area contributed by atoms with Crippen molar-refractivity contribution in [1.29, 1.82) is 0 Å². The van der Waals surface area contributed by atoms with E-state index in [1.807, 2.05) is 24.3 Å². The van der Waals surface area contributed by atoms with Crippen molar-refractivity contribution in [1.82, 2.24) is 10.6 Å². The molecule has 2 unspecified atom stereocenters. The molecular formula is C27H30N2O5. The first-order chi connectivity index (χ1) is 16.4. The number of fused-ring (bicyclic) bond motifs is 3. The molecule has 2 atom stereocenters. The summed E-state index contributed by atoms with van der Waals surface area (Å²) in [6.07, 6.45) is 3.35. The molecule has 5 rings (SSSR count). The molecule has 2 fully saturated rings. The summed E-state index contributed by atoms with van der Waals surface area (Å²) in [7, 11) is 0. The van der Waals surface area contributed by atoms with Gasteiger partial charge in [-0.2, -0.15) is 0 Å². The van der Waals surface area contributed by atoms with Crippen molar-refractivity contribution in [3.8, 4) is 11.1 Å². The van der Waals surface area contributed by atoms with Crippen LogP contribution in [0.15, 0.2) is 48.5 Å². The lowest BCUT2D eigenvalue weighted by Crippen LogP contribution is -2.61. The summed E-state index contributed by atoms with van der Waals surface area (Å²) >= 11 is 0. The number of hydrogen-bond donors (Lipinski definition) is 3. The van der Waals surface area contributed by atoms with Crippen molar-refractivity contribution in [3.63, 3.8) is 0 Å². The summed E-state index contributed by atoms with van der Waals surface area (Å²) in [4.78, 5) is 37.7. The Morgan fingerprint density at radius 2 is 1.59 bits per heavy atom. The van der Waals surface area contributed by atoms with Crippen molar-refractivity contribution in [2.24, 2.45) is 11.8 Å². The zero-order chi connectivity index (χ0) is 23.9. The Morgan fingerprint density at radius 1 is 1.00 bits per heavy atom. The van der Waals surface area contributed by atoms with Gasteiger partial charge in [0.2, 0.25) is 5.91 Å². The molecular weight excluding hydrogens is 432 g/mol. The van der Waals surface area contributed by atoms with Gasteiger partial charge < -0.3 is 20.5 Å².